The van der Waals surface area contributed by atoms with E-state index in [0.29, 0.717) is 39.0 Å². The number of aliphatic hydroxyl groups is 1. The van der Waals surface area contributed by atoms with Crippen LogP contribution in [0.4, 0.5) is 0 Å². The van der Waals surface area contributed by atoms with Gasteiger partial charge in [0.1, 0.15) is 5.75 Å². The average Bonchev–Trinajstić information content (AvgIpc) is 3.05. The molecule has 2 rings (SSSR count). The molecule has 38 heavy (non-hydrogen) atoms. The third-order valence-corrected chi connectivity index (χ3v) is 6.93. The molecule has 1 aliphatic rings. The van der Waals surface area contributed by atoms with E-state index < -0.39 is 6.10 Å². The maximum Gasteiger partial charge on any atom is 0.225 e. The average molecular weight is 532 g/mol. The lowest BCUT2D eigenvalue weighted by molar-refractivity contribution is -0.157. The highest BCUT2D eigenvalue weighted by Gasteiger charge is 2.29. The molecule has 8 nitrogen and oxygen atoms in total. The normalized spacial score (nSPS) is 17.7. The Hall–Kier alpha value is -2.00. The molecule has 3 atom stereocenters. The van der Waals surface area contributed by atoms with Crippen molar-refractivity contribution in [1.82, 2.24) is 20.9 Å². The van der Waals surface area contributed by atoms with Gasteiger partial charge in [0.05, 0.1) is 18.6 Å². The van der Waals surface area contributed by atoms with Crippen LogP contribution in [0.1, 0.15) is 98.0 Å². The molecule has 1 aromatic rings. The van der Waals surface area contributed by atoms with Gasteiger partial charge in [0, 0.05) is 38.3 Å². The number of unbranched alkanes of at least 4 members (excludes halogenated alkanes) is 6. The molecule has 3 N–H and O–H groups in total. The highest BCUT2D eigenvalue weighted by molar-refractivity contribution is 6.00. The molecule has 0 aromatic heterocycles. The minimum Gasteiger partial charge on any atom is -0.474 e. The number of carbonyl (C=O) groups is 1. The van der Waals surface area contributed by atoms with Gasteiger partial charge in [-0.15, -0.1) is 0 Å². The van der Waals surface area contributed by atoms with E-state index in [9.17, 15) is 9.90 Å². The van der Waals surface area contributed by atoms with E-state index in [1.165, 1.54) is 50.5 Å². The minimum absolute atomic E-state index is 0.0175. The topological polar surface area (TPSA) is 89.4 Å². The van der Waals surface area contributed by atoms with Gasteiger partial charge in [-0.25, -0.2) is 5.43 Å². The number of benzene rings is 1. The van der Waals surface area contributed by atoms with Gasteiger partial charge in [-0.3, -0.25) is 9.79 Å². The second-order valence-electron chi connectivity index (χ2n) is 10.5. The standard InChI is InChI=1S/C30H53N5O3/c1-6-9-10-11-12-13-14-15-26-16-18-28(19-17-26)38-30(21-27-23-31-29(37)20-24(4)33-27)34(7-2)35(8-3)32-22-25(5)36/h16-19,25,27,30,32,36H,6-15,20-23H2,1-5H3,(H,31,37). The number of carbonyl (C=O) groups excluding carboxylic acids is 1. The first-order valence-electron chi connectivity index (χ1n) is 14.9. The van der Waals surface area contributed by atoms with Crippen molar-refractivity contribution in [2.24, 2.45) is 4.99 Å². The second-order valence-corrected chi connectivity index (χ2v) is 10.5. The summed E-state index contributed by atoms with van der Waals surface area (Å²) in [5.41, 5.74) is 5.52. The lowest BCUT2D eigenvalue weighted by atomic mass is 10.0. The van der Waals surface area contributed by atoms with Crippen LogP contribution < -0.4 is 15.5 Å². The number of nitrogens with one attached hydrogen (secondary N) is 2. The van der Waals surface area contributed by atoms with Gasteiger partial charge in [-0.1, -0.05) is 64.5 Å². The Labute approximate surface area is 231 Å². The summed E-state index contributed by atoms with van der Waals surface area (Å²) in [4.78, 5) is 16.8. The van der Waals surface area contributed by atoms with E-state index in [0.717, 1.165) is 17.9 Å². The van der Waals surface area contributed by atoms with Crippen LogP contribution in [-0.4, -0.2) is 71.4 Å². The number of aliphatic hydroxyl groups excluding tert-OH is 1. The van der Waals surface area contributed by atoms with Gasteiger partial charge < -0.3 is 15.2 Å². The summed E-state index contributed by atoms with van der Waals surface area (Å²) in [6.45, 7) is 12.5. The summed E-state index contributed by atoms with van der Waals surface area (Å²) < 4.78 is 6.60. The molecule has 1 aliphatic heterocycles. The molecule has 216 valence electrons. The van der Waals surface area contributed by atoms with E-state index in [-0.39, 0.29) is 18.2 Å². The number of hydrogen-bond acceptors (Lipinski definition) is 7. The molecule has 0 bridgehead atoms. The van der Waals surface area contributed by atoms with Crippen molar-refractivity contribution in [3.63, 3.8) is 0 Å². The second kappa shape index (κ2) is 18.3. The quantitative estimate of drug-likeness (QED) is 0.134. The molecule has 0 radical (unpaired) electrons. The van der Waals surface area contributed by atoms with Crippen LogP contribution in [-0.2, 0) is 11.2 Å². The van der Waals surface area contributed by atoms with Crippen molar-refractivity contribution in [3.05, 3.63) is 29.8 Å². The number of rotatable bonds is 19. The summed E-state index contributed by atoms with van der Waals surface area (Å²) in [7, 11) is 0. The fourth-order valence-electron chi connectivity index (χ4n) is 4.86. The van der Waals surface area contributed by atoms with E-state index in [4.69, 9.17) is 9.73 Å². The fraction of sp³-hybridized carbons (Fsp3) is 0.733. The maximum atomic E-state index is 12.0. The molecule has 1 aromatic carbocycles. The summed E-state index contributed by atoms with van der Waals surface area (Å²) in [6.07, 6.45) is 10.5. The van der Waals surface area contributed by atoms with E-state index in [2.05, 4.69) is 60.8 Å². The Bertz CT molecular complexity index is 815. The molecule has 0 spiro atoms. The Kier molecular flexibility index (Phi) is 15.5. The first-order chi connectivity index (χ1) is 18.4. The molecule has 0 aliphatic carbocycles. The highest BCUT2D eigenvalue weighted by Crippen LogP contribution is 2.21. The molecular formula is C30H53N5O3. The zero-order valence-electron chi connectivity index (χ0n) is 24.5. The number of amides is 1. The number of nitrogens with zero attached hydrogens (tertiary/aromatic N) is 3. The number of aryl methyl sites for hydroxylation is 1. The van der Waals surface area contributed by atoms with Crippen LogP contribution in [0.5, 0.6) is 5.75 Å². The van der Waals surface area contributed by atoms with Crippen molar-refractivity contribution in [3.8, 4) is 5.75 Å². The molecule has 3 unspecified atom stereocenters. The van der Waals surface area contributed by atoms with Gasteiger partial charge in [0.2, 0.25) is 5.91 Å². The van der Waals surface area contributed by atoms with Gasteiger partial charge in [0.25, 0.3) is 0 Å². The van der Waals surface area contributed by atoms with Crippen molar-refractivity contribution >= 4 is 11.6 Å². The Morgan fingerprint density at radius 2 is 1.76 bits per heavy atom. The van der Waals surface area contributed by atoms with Crippen LogP contribution in [0.2, 0.25) is 0 Å². The number of hydrazine groups is 2. The molecular weight excluding hydrogens is 478 g/mol. The Morgan fingerprint density at radius 3 is 2.39 bits per heavy atom. The van der Waals surface area contributed by atoms with E-state index in [1.807, 2.05) is 12.0 Å². The Morgan fingerprint density at radius 1 is 1.08 bits per heavy atom. The van der Waals surface area contributed by atoms with Crippen molar-refractivity contribution in [2.45, 2.75) is 117 Å². The third-order valence-electron chi connectivity index (χ3n) is 6.93. The number of ether oxygens (including phenoxy) is 1. The molecule has 0 saturated carbocycles. The lowest BCUT2D eigenvalue weighted by Crippen LogP contribution is -2.58. The zero-order valence-corrected chi connectivity index (χ0v) is 24.5. The molecule has 1 heterocycles. The van der Waals surface area contributed by atoms with E-state index in [1.54, 1.807) is 6.92 Å². The predicted molar refractivity (Wildman–Crippen MR) is 156 cm³/mol. The van der Waals surface area contributed by atoms with Gasteiger partial charge >= 0.3 is 0 Å². The summed E-state index contributed by atoms with van der Waals surface area (Å²) >= 11 is 0. The SMILES string of the molecule is CCCCCCCCCc1ccc(OC(CC2CNC(=O)CC(C)=N2)N(CC)N(CC)NCC(C)O)cc1. The summed E-state index contributed by atoms with van der Waals surface area (Å²) in [5.74, 6) is 0.839. The van der Waals surface area contributed by atoms with Gasteiger partial charge in [-0.2, -0.15) is 10.1 Å². The zero-order chi connectivity index (χ0) is 27.8. The van der Waals surface area contributed by atoms with Gasteiger partial charge in [-0.05, 0) is 51.3 Å². The molecule has 0 saturated heterocycles. The number of hydrogen-bond donors (Lipinski definition) is 3. The summed E-state index contributed by atoms with van der Waals surface area (Å²) in [6, 6.07) is 8.42. The predicted octanol–water partition coefficient (Wildman–Crippen LogP) is 4.87. The molecule has 8 heteroatoms. The first kappa shape index (κ1) is 32.2. The van der Waals surface area contributed by atoms with Crippen LogP contribution >= 0.6 is 0 Å². The van der Waals surface area contributed by atoms with Crippen LogP contribution in [0, 0.1) is 0 Å². The highest BCUT2D eigenvalue weighted by atomic mass is 16.5. The van der Waals surface area contributed by atoms with Crippen LogP contribution in [0.15, 0.2) is 29.3 Å². The summed E-state index contributed by atoms with van der Waals surface area (Å²) in [5, 5.41) is 17.0. The third kappa shape index (κ3) is 12.2. The van der Waals surface area contributed by atoms with Crippen molar-refractivity contribution in [2.75, 3.05) is 26.2 Å². The lowest BCUT2D eigenvalue weighted by Gasteiger charge is -2.40. The molecule has 0 fully saturated rings. The van der Waals surface area contributed by atoms with Crippen molar-refractivity contribution < 1.29 is 14.6 Å². The monoisotopic (exact) mass is 531 g/mol. The van der Waals surface area contributed by atoms with Crippen molar-refractivity contribution in [1.29, 1.82) is 0 Å². The van der Waals surface area contributed by atoms with Crippen LogP contribution in [0.3, 0.4) is 0 Å². The largest absolute Gasteiger partial charge is 0.474 e. The molecule has 1 amide bonds. The number of aliphatic imine (C=N–C) groups is 1. The minimum atomic E-state index is -0.463. The smallest absolute Gasteiger partial charge is 0.225 e. The van der Waals surface area contributed by atoms with Gasteiger partial charge in [0.15, 0.2) is 6.23 Å². The first-order valence-corrected chi connectivity index (χ1v) is 14.9. The van der Waals surface area contributed by atoms with E-state index >= 15 is 0 Å². The Balaban J connectivity index is 2.08. The maximum absolute atomic E-state index is 12.0. The van der Waals surface area contributed by atoms with Crippen LogP contribution in [0.25, 0.3) is 0 Å². The fourth-order valence-corrected chi connectivity index (χ4v) is 4.86.